The van der Waals surface area contributed by atoms with Gasteiger partial charge in [-0.2, -0.15) is 0 Å². The van der Waals surface area contributed by atoms with Crippen LogP contribution in [0.5, 0.6) is 0 Å². The molecule has 2 rings (SSSR count). The Balaban J connectivity index is 2.08. The normalized spacial score (nSPS) is 21.5. The highest BCUT2D eigenvalue weighted by atomic mass is 28.4. The largest absolute Gasteiger partial charge is 0.519 e. The van der Waals surface area contributed by atoms with E-state index in [1.807, 2.05) is 0 Å². The summed E-state index contributed by atoms with van der Waals surface area (Å²) in [4.78, 5) is 23.3. The van der Waals surface area contributed by atoms with Crippen LogP contribution in [0.1, 0.15) is 77.6 Å². The third-order valence-electron chi connectivity index (χ3n) is 6.08. The van der Waals surface area contributed by atoms with Gasteiger partial charge in [-0.3, -0.25) is 4.79 Å². The summed E-state index contributed by atoms with van der Waals surface area (Å²) < 4.78 is 6.21. The molecule has 0 spiro atoms. The first-order valence-corrected chi connectivity index (χ1v) is 12.1. The zero-order valence-corrected chi connectivity index (χ0v) is 16.2. The second kappa shape index (κ2) is 8.84. The van der Waals surface area contributed by atoms with Crippen molar-refractivity contribution < 1.29 is 19.1 Å². The molecule has 0 aromatic rings. The number of carbonyl (C=O) groups is 2. The van der Waals surface area contributed by atoms with E-state index in [0.717, 1.165) is 0 Å². The zero-order chi connectivity index (χ0) is 17.6. The fourth-order valence-corrected chi connectivity index (χ4v) is 9.15. The number of carboxylic acids is 1. The van der Waals surface area contributed by atoms with Gasteiger partial charge in [0.15, 0.2) is 0 Å². The van der Waals surface area contributed by atoms with Crippen molar-refractivity contribution in [1.82, 2.24) is 0 Å². The molecule has 0 amide bonds. The molecule has 2 fully saturated rings. The van der Waals surface area contributed by atoms with Gasteiger partial charge in [0.05, 0.1) is 6.42 Å². The van der Waals surface area contributed by atoms with Crippen molar-refractivity contribution in [2.75, 3.05) is 0 Å². The van der Waals surface area contributed by atoms with Gasteiger partial charge in [-0.15, -0.1) is 0 Å². The van der Waals surface area contributed by atoms with Crippen molar-refractivity contribution in [3.63, 3.8) is 0 Å². The van der Waals surface area contributed by atoms with Crippen LogP contribution in [-0.4, -0.2) is 25.4 Å². The SMILES string of the molecule is CC(=CCC(=O)O[Si](C)(C1CCCCC1)C1CCCCC1)C(=O)O. The van der Waals surface area contributed by atoms with Gasteiger partial charge in [0.2, 0.25) is 0 Å². The number of carboxylic acid groups (broad SMARTS) is 1. The maximum Gasteiger partial charge on any atom is 0.330 e. The van der Waals surface area contributed by atoms with E-state index in [2.05, 4.69) is 6.55 Å². The van der Waals surface area contributed by atoms with Crippen LogP contribution < -0.4 is 0 Å². The Kier molecular flexibility index (Phi) is 7.08. The van der Waals surface area contributed by atoms with E-state index < -0.39 is 14.3 Å². The predicted octanol–water partition coefficient (Wildman–Crippen LogP) is 5.19. The highest BCUT2D eigenvalue weighted by molar-refractivity contribution is 6.76. The molecule has 0 aromatic heterocycles. The maximum absolute atomic E-state index is 12.4. The molecule has 0 aromatic carbocycles. The summed E-state index contributed by atoms with van der Waals surface area (Å²) in [6.45, 7) is 3.80. The molecule has 24 heavy (non-hydrogen) atoms. The van der Waals surface area contributed by atoms with Crippen molar-refractivity contribution in [2.24, 2.45) is 0 Å². The van der Waals surface area contributed by atoms with Crippen LogP contribution in [0.2, 0.25) is 17.6 Å². The maximum atomic E-state index is 12.4. The molecule has 136 valence electrons. The second-order valence-corrected chi connectivity index (χ2v) is 11.9. The highest BCUT2D eigenvalue weighted by Crippen LogP contribution is 2.48. The Labute approximate surface area is 146 Å². The zero-order valence-electron chi connectivity index (χ0n) is 15.2. The molecule has 0 atom stereocenters. The van der Waals surface area contributed by atoms with E-state index in [1.165, 1.54) is 77.2 Å². The molecule has 1 N–H and O–H groups in total. The van der Waals surface area contributed by atoms with Crippen LogP contribution in [0.3, 0.4) is 0 Å². The molecular weight excluding hydrogens is 320 g/mol. The lowest BCUT2D eigenvalue weighted by Crippen LogP contribution is -2.48. The van der Waals surface area contributed by atoms with Gasteiger partial charge in [-0.05, 0) is 50.2 Å². The lowest BCUT2D eigenvalue weighted by Gasteiger charge is -2.43. The Morgan fingerprint density at radius 2 is 1.46 bits per heavy atom. The molecule has 2 aliphatic carbocycles. The lowest BCUT2D eigenvalue weighted by molar-refractivity contribution is -0.134. The summed E-state index contributed by atoms with van der Waals surface area (Å²) >= 11 is 0. The van der Waals surface area contributed by atoms with Crippen molar-refractivity contribution >= 4 is 20.3 Å². The molecule has 4 nitrogen and oxygen atoms in total. The minimum absolute atomic E-state index is 0.0835. The molecule has 0 bridgehead atoms. The van der Waals surface area contributed by atoms with Crippen LogP contribution in [-0.2, 0) is 14.0 Å². The molecule has 0 unspecified atom stereocenters. The summed E-state index contributed by atoms with van der Waals surface area (Å²) in [5, 5.41) is 8.92. The van der Waals surface area contributed by atoms with Gasteiger partial charge in [0, 0.05) is 5.57 Å². The Hall–Kier alpha value is -1.10. The first kappa shape index (κ1) is 19.2. The van der Waals surface area contributed by atoms with Gasteiger partial charge in [0.1, 0.15) is 0 Å². The quantitative estimate of drug-likeness (QED) is 0.527. The van der Waals surface area contributed by atoms with Crippen molar-refractivity contribution in [2.45, 2.75) is 95.2 Å². The summed E-state index contributed by atoms with van der Waals surface area (Å²) in [6, 6.07) is 0. The summed E-state index contributed by atoms with van der Waals surface area (Å²) in [5.41, 5.74) is 1.39. The fraction of sp³-hybridized carbons (Fsp3) is 0.789. The van der Waals surface area contributed by atoms with Crippen LogP contribution >= 0.6 is 0 Å². The predicted molar refractivity (Wildman–Crippen MR) is 97.4 cm³/mol. The Bertz CT molecular complexity index is 456. The molecule has 0 radical (unpaired) electrons. The van der Waals surface area contributed by atoms with E-state index in [4.69, 9.17) is 9.53 Å². The van der Waals surface area contributed by atoms with Crippen LogP contribution in [0.15, 0.2) is 11.6 Å². The van der Waals surface area contributed by atoms with E-state index in [0.29, 0.717) is 11.1 Å². The summed E-state index contributed by atoms with van der Waals surface area (Å²) in [5.74, 6) is -1.19. The molecular formula is C19H32O4Si. The molecule has 0 saturated heterocycles. The highest BCUT2D eigenvalue weighted by Gasteiger charge is 2.48. The van der Waals surface area contributed by atoms with Gasteiger partial charge in [-0.25, -0.2) is 4.79 Å². The molecule has 2 aliphatic rings. The molecule has 0 aliphatic heterocycles. The van der Waals surface area contributed by atoms with Crippen LogP contribution in [0.25, 0.3) is 0 Å². The average Bonchev–Trinajstić information content (AvgIpc) is 2.61. The van der Waals surface area contributed by atoms with Crippen LogP contribution in [0, 0.1) is 0 Å². The van der Waals surface area contributed by atoms with Crippen molar-refractivity contribution in [3.05, 3.63) is 11.6 Å². The first-order chi connectivity index (χ1) is 11.4. The third-order valence-corrected chi connectivity index (χ3v) is 11.1. The van der Waals surface area contributed by atoms with Gasteiger partial charge < -0.3 is 9.53 Å². The minimum Gasteiger partial charge on any atom is -0.519 e. The number of aliphatic carboxylic acids is 1. The smallest absolute Gasteiger partial charge is 0.330 e. The topological polar surface area (TPSA) is 63.6 Å². The van der Waals surface area contributed by atoms with E-state index in [1.54, 1.807) is 0 Å². The third kappa shape index (κ3) is 4.95. The number of carbonyl (C=O) groups excluding carboxylic acids is 1. The van der Waals surface area contributed by atoms with E-state index in [9.17, 15) is 9.59 Å². The van der Waals surface area contributed by atoms with Gasteiger partial charge in [0.25, 0.3) is 14.3 Å². The molecule has 2 saturated carbocycles. The second-order valence-electron chi connectivity index (χ2n) is 7.72. The fourth-order valence-electron chi connectivity index (χ4n) is 4.46. The standard InChI is InChI=1S/C19H32O4Si/c1-15(19(21)22)13-14-18(20)23-24(2,16-9-5-3-6-10-16)17-11-7-4-8-12-17/h13,16-17H,3-12,14H2,1-2H3,(H,21,22). The molecule has 5 heteroatoms. The summed E-state index contributed by atoms with van der Waals surface area (Å²) in [6.07, 6.45) is 14.0. The van der Waals surface area contributed by atoms with Crippen LogP contribution in [0.4, 0.5) is 0 Å². The average molecular weight is 353 g/mol. The first-order valence-electron chi connectivity index (χ1n) is 9.55. The van der Waals surface area contributed by atoms with Crippen molar-refractivity contribution in [1.29, 1.82) is 0 Å². The number of hydrogen-bond donors (Lipinski definition) is 1. The minimum atomic E-state index is -2.14. The van der Waals surface area contributed by atoms with Gasteiger partial charge in [-0.1, -0.05) is 44.6 Å². The Morgan fingerprint density at radius 3 is 1.88 bits per heavy atom. The van der Waals surface area contributed by atoms with E-state index >= 15 is 0 Å². The van der Waals surface area contributed by atoms with Crippen molar-refractivity contribution in [3.8, 4) is 0 Å². The summed E-state index contributed by atoms with van der Waals surface area (Å²) in [7, 11) is -2.14. The number of hydrogen-bond acceptors (Lipinski definition) is 3. The monoisotopic (exact) mass is 352 g/mol. The number of rotatable bonds is 6. The Morgan fingerprint density at radius 1 is 1.00 bits per heavy atom. The molecule has 0 heterocycles. The van der Waals surface area contributed by atoms with Gasteiger partial charge >= 0.3 is 5.97 Å². The van der Waals surface area contributed by atoms with E-state index in [-0.39, 0.29) is 18.0 Å². The lowest BCUT2D eigenvalue weighted by atomic mass is 9.99.